The molecule has 2 aromatic carbocycles. The number of rotatable bonds is 5. The lowest BCUT2D eigenvalue weighted by atomic mass is 10.1. The van der Waals surface area contributed by atoms with Crippen LogP contribution in [-0.4, -0.2) is 29.8 Å². The molecule has 0 radical (unpaired) electrons. The SMILES string of the molecule is Cn1cc(C#CCCCCC#Cc2cn(C)nc2-c2cc(Cl)ccc2O)c(-c2cc(Cl)ccc2O)n1. The third kappa shape index (κ3) is 6.04. The Hall–Kier alpha value is -3.84. The van der Waals surface area contributed by atoms with E-state index in [2.05, 4.69) is 33.9 Å². The van der Waals surface area contributed by atoms with Crippen LogP contribution < -0.4 is 0 Å². The number of phenolic OH excluding ortho intramolecular Hbond substituents is 2. The van der Waals surface area contributed by atoms with Crippen LogP contribution >= 0.6 is 23.2 Å². The number of phenols is 2. The van der Waals surface area contributed by atoms with Gasteiger partial charge in [0.2, 0.25) is 0 Å². The van der Waals surface area contributed by atoms with E-state index in [0.717, 1.165) is 24.0 Å². The van der Waals surface area contributed by atoms with Crippen molar-refractivity contribution in [1.82, 2.24) is 19.6 Å². The molecule has 4 rings (SSSR count). The van der Waals surface area contributed by atoms with Gasteiger partial charge in [-0.15, -0.1) is 0 Å². The van der Waals surface area contributed by atoms with Crippen LogP contribution in [0, 0.1) is 23.7 Å². The first-order valence-corrected chi connectivity index (χ1v) is 12.1. The van der Waals surface area contributed by atoms with Crippen LogP contribution in [0.5, 0.6) is 11.5 Å². The van der Waals surface area contributed by atoms with Crippen molar-refractivity contribution in [2.75, 3.05) is 0 Å². The molecule has 6 nitrogen and oxygen atoms in total. The molecule has 2 heterocycles. The summed E-state index contributed by atoms with van der Waals surface area (Å²) in [5.41, 5.74) is 3.81. The summed E-state index contributed by atoms with van der Waals surface area (Å²) in [4.78, 5) is 0. The lowest BCUT2D eigenvalue weighted by molar-refractivity contribution is 0.476. The Morgan fingerprint density at radius 2 is 1.14 bits per heavy atom. The van der Waals surface area contributed by atoms with Crippen molar-refractivity contribution in [3.8, 4) is 57.7 Å². The zero-order chi connectivity index (χ0) is 25.7. The van der Waals surface area contributed by atoms with Crippen LogP contribution in [0.25, 0.3) is 22.5 Å². The average molecular weight is 519 g/mol. The second-order valence-corrected chi connectivity index (χ2v) is 9.14. The number of hydrogen-bond acceptors (Lipinski definition) is 4. The van der Waals surface area contributed by atoms with E-state index in [1.54, 1.807) is 45.8 Å². The molecule has 8 heteroatoms. The zero-order valence-corrected chi connectivity index (χ0v) is 21.4. The average Bonchev–Trinajstić information content (AvgIpc) is 3.40. The quantitative estimate of drug-likeness (QED) is 0.244. The third-order valence-corrected chi connectivity index (χ3v) is 5.85. The molecule has 36 heavy (non-hydrogen) atoms. The Balaban J connectivity index is 1.36. The number of nitrogens with zero attached hydrogens (tertiary/aromatic N) is 4. The molecule has 0 fully saturated rings. The molecule has 0 unspecified atom stereocenters. The van der Waals surface area contributed by atoms with Crippen molar-refractivity contribution in [3.63, 3.8) is 0 Å². The molecule has 0 saturated heterocycles. The van der Waals surface area contributed by atoms with Gasteiger partial charge in [-0.05, 0) is 49.2 Å². The maximum absolute atomic E-state index is 10.2. The highest BCUT2D eigenvalue weighted by Crippen LogP contribution is 2.33. The number of aromatic nitrogens is 4. The lowest BCUT2D eigenvalue weighted by Gasteiger charge is -2.02. The maximum Gasteiger partial charge on any atom is 0.125 e. The summed E-state index contributed by atoms with van der Waals surface area (Å²) >= 11 is 12.2. The normalized spacial score (nSPS) is 10.4. The number of halogens is 2. The van der Waals surface area contributed by atoms with Crippen molar-refractivity contribution in [2.45, 2.75) is 25.7 Å². The van der Waals surface area contributed by atoms with Crippen LogP contribution in [-0.2, 0) is 14.1 Å². The summed E-state index contributed by atoms with van der Waals surface area (Å²) in [5.74, 6) is 12.9. The molecular formula is C28H24Cl2N4O2. The Kier molecular flexibility index (Phi) is 7.90. The summed E-state index contributed by atoms with van der Waals surface area (Å²) in [7, 11) is 3.63. The molecule has 0 aliphatic rings. The highest BCUT2D eigenvalue weighted by Gasteiger charge is 2.14. The van der Waals surface area contributed by atoms with Crippen molar-refractivity contribution in [2.24, 2.45) is 14.1 Å². The highest BCUT2D eigenvalue weighted by atomic mass is 35.5. The van der Waals surface area contributed by atoms with Gasteiger partial charge in [0.1, 0.15) is 22.9 Å². The summed E-state index contributed by atoms with van der Waals surface area (Å²) in [6.07, 6.45) is 6.89. The first kappa shape index (κ1) is 25.3. The minimum Gasteiger partial charge on any atom is -0.507 e. The van der Waals surface area contributed by atoms with Crippen LogP contribution in [0.1, 0.15) is 36.8 Å². The van der Waals surface area contributed by atoms with Crippen molar-refractivity contribution in [3.05, 3.63) is 70.0 Å². The van der Waals surface area contributed by atoms with Crippen LogP contribution in [0.4, 0.5) is 0 Å². The molecule has 0 atom stereocenters. The van der Waals surface area contributed by atoms with Crippen LogP contribution in [0.15, 0.2) is 48.8 Å². The minimum atomic E-state index is 0.113. The largest absolute Gasteiger partial charge is 0.507 e. The number of hydrogen-bond donors (Lipinski definition) is 2. The Morgan fingerprint density at radius 1 is 0.722 bits per heavy atom. The predicted molar refractivity (Wildman–Crippen MR) is 143 cm³/mol. The fourth-order valence-electron chi connectivity index (χ4n) is 3.70. The standard InChI is InChI=1S/C28H24Cl2N4O2/c1-33-17-19(27(31-33)23-15-21(29)11-13-25(23)35)9-7-5-3-4-6-8-10-20-18-34(2)32-28(20)24-16-22(30)12-14-26(24)36/h11-18,35-36H,3-6H2,1-2H3. The van der Waals surface area contributed by atoms with Gasteiger partial charge in [0.15, 0.2) is 0 Å². The Morgan fingerprint density at radius 3 is 1.56 bits per heavy atom. The minimum absolute atomic E-state index is 0.113. The first-order chi connectivity index (χ1) is 17.3. The van der Waals surface area contributed by atoms with Gasteiger partial charge in [0, 0.05) is 60.5 Å². The van der Waals surface area contributed by atoms with Crippen molar-refractivity contribution < 1.29 is 10.2 Å². The molecule has 182 valence electrons. The fourth-order valence-corrected chi connectivity index (χ4v) is 4.04. The third-order valence-electron chi connectivity index (χ3n) is 5.38. The molecule has 0 spiro atoms. The molecular weight excluding hydrogens is 495 g/mol. The van der Waals surface area contributed by atoms with Crippen molar-refractivity contribution >= 4 is 23.2 Å². The molecule has 0 amide bonds. The summed E-state index contributed by atoms with van der Waals surface area (Å²) in [6, 6.07) is 9.74. The Bertz CT molecular complexity index is 1410. The molecule has 0 saturated carbocycles. The number of aromatic hydroxyl groups is 2. The van der Waals surface area contributed by atoms with E-state index in [0.29, 0.717) is 45.4 Å². The van der Waals surface area contributed by atoms with Crippen molar-refractivity contribution in [1.29, 1.82) is 0 Å². The number of aryl methyl sites for hydroxylation is 2. The monoisotopic (exact) mass is 518 g/mol. The second kappa shape index (κ2) is 11.3. The van der Waals surface area contributed by atoms with Gasteiger partial charge >= 0.3 is 0 Å². The van der Waals surface area contributed by atoms with Gasteiger partial charge < -0.3 is 10.2 Å². The molecule has 0 bridgehead atoms. The van der Waals surface area contributed by atoms with E-state index in [4.69, 9.17) is 23.2 Å². The fraction of sp³-hybridized carbons (Fsp3) is 0.214. The van der Waals surface area contributed by atoms with Gasteiger partial charge in [0.25, 0.3) is 0 Å². The molecule has 2 N–H and O–H groups in total. The van der Waals surface area contributed by atoms with E-state index in [1.165, 1.54) is 0 Å². The topological polar surface area (TPSA) is 76.1 Å². The van der Waals surface area contributed by atoms with Crippen LogP contribution in [0.2, 0.25) is 10.0 Å². The smallest absolute Gasteiger partial charge is 0.125 e. The first-order valence-electron chi connectivity index (χ1n) is 11.3. The summed E-state index contributed by atoms with van der Waals surface area (Å²) in [6.45, 7) is 0. The number of unbranched alkanes of at least 4 members (excludes halogenated alkanes) is 3. The molecule has 4 aromatic rings. The van der Waals surface area contributed by atoms with Gasteiger partial charge in [-0.25, -0.2) is 0 Å². The van der Waals surface area contributed by atoms with E-state index in [1.807, 2.05) is 26.5 Å². The van der Waals surface area contributed by atoms with Gasteiger partial charge in [-0.2, -0.15) is 10.2 Å². The zero-order valence-electron chi connectivity index (χ0n) is 19.9. The highest BCUT2D eigenvalue weighted by molar-refractivity contribution is 6.31. The van der Waals surface area contributed by atoms with E-state index >= 15 is 0 Å². The summed E-state index contributed by atoms with van der Waals surface area (Å²) in [5, 5.41) is 30.4. The van der Waals surface area contributed by atoms with E-state index in [-0.39, 0.29) is 11.5 Å². The van der Waals surface area contributed by atoms with E-state index in [9.17, 15) is 10.2 Å². The van der Waals surface area contributed by atoms with Crippen LogP contribution in [0.3, 0.4) is 0 Å². The molecule has 0 aliphatic carbocycles. The van der Waals surface area contributed by atoms with Gasteiger partial charge in [-0.3, -0.25) is 9.36 Å². The maximum atomic E-state index is 10.2. The predicted octanol–water partition coefficient (Wildman–Crippen LogP) is 6.17. The lowest BCUT2D eigenvalue weighted by Crippen LogP contribution is -1.88. The number of benzene rings is 2. The molecule has 2 aromatic heterocycles. The summed E-state index contributed by atoms with van der Waals surface area (Å²) < 4.78 is 3.34. The Labute approximate surface area is 220 Å². The van der Waals surface area contributed by atoms with E-state index < -0.39 is 0 Å². The van der Waals surface area contributed by atoms with Gasteiger partial charge in [-0.1, -0.05) is 46.9 Å². The van der Waals surface area contributed by atoms with Gasteiger partial charge in [0.05, 0.1) is 11.1 Å². The second-order valence-electron chi connectivity index (χ2n) is 8.26. The molecule has 0 aliphatic heterocycles.